The minimum absolute atomic E-state index is 0.250. The number of hydrogen-bond donors (Lipinski definition) is 0. The topological polar surface area (TPSA) is 51.2 Å². The van der Waals surface area contributed by atoms with Gasteiger partial charge in [-0.3, -0.25) is 4.79 Å². The molecule has 0 bridgehead atoms. The van der Waals surface area contributed by atoms with Crippen LogP contribution in [0.3, 0.4) is 0 Å². The summed E-state index contributed by atoms with van der Waals surface area (Å²) in [5.74, 6) is 1.25. The SMILES string of the molecule is CCCCC(=O)CCCCC(C)C.O=C=O. The average molecular weight is 228 g/mol. The second-order valence-electron chi connectivity index (χ2n) is 4.37. The molecular weight excluding hydrogens is 204 g/mol. The largest absolute Gasteiger partial charge is 0.373 e. The molecule has 0 fully saturated rings. The predicted octanol–water partition coefficient (Wildman–Crippen LogP) is 3.38. The van der Waals surface area contributed by atoms with Gasteiger partial charge in [0, 0.05) is 12.8 Å². The third-order valence-electron chi connectivity index (χ3n) is 2.30. The van der Waals surface area contributed by atoms with Gasteiger partial charge < -0.3 is 0 Å². The number of carbonyl (C=O) groups is 1. The van der Waals surface area contributed by atoms with Crippen molar-refractivity contribution in [3.63, 3.8) is 0 Å². The molecule has 0 aromatic carbocycles. The van der Waals surface area contributed by atoms with Crippen molar-refractivity contribution in [1.29, 1.82) is 0 Å². The van der Waals surface area contributed by atoms with E-state index in [0.29, 0.717) is 5.78 Å². The molecule has 0 unspecified atom stereocenters. The van der Waals surface area contributed by atoms with Crippen LogP contribution >= 0.6 is 0 Å². The predicted molar refractivity (Wildman–Crippen MR) is 62.8 cm³/mol. The lowest BCUT2D eigenvalue weighted by Crippen LogP contribution is -1.97. The van der Waals surface area contributed by atoms with Crippen molar-refractivity contribution >= 4 is 11.9 Å². The van der Waals surface area contributed by atoms with Gasteiger partial charge in [-0.2, -0.15) is 9.59 Å². The van der Waals surface area contributed by atoms with Gasteiger partial charge in [0.15, 0.2) is 0 Å². The highest BCUT2D eigenvalue weighted by molar-refractivity contribution is 5.78. The molecule has 0 aliphatic heterocycles. The summed E-state index contributed by atoms with van der Waals surface area (Å²) < 4.78 is 0. The Morgan fingerprint density at radius 1 is 1.06 bits per heavy atom. The van der Waals surface area contributed by atoms with E-state index < -0.39 is 0 Å². The normalized spacial score (nSPS) is 9.25. The van der Waals surface area contributed by atoms with Crippen LogP contribution in [0, 0.1) is 5.92 Å². The minimum atomic E-state index is 0.250. The zero-order valence-corrected chi connectivity index (χ0v) is 10.8. The van der Waals surface area contributed by atoms with Crippen LogP contribution in [0.2, 0.25) is 0 Å². The van der Waals surface area contributed by atoms with Crippen molar-refractivity contribution in [3.8, 4) is 0 Å². The highest BCUT2D eigenvalue weighted by atomic mass is 16.2. The molecule has 0 aromatic rings. The molecule has 16 heavy (non-hydrogen) atoms. The number of ketones is 1. The molecule has 0 aliphatic rings. The van der Waals surface area contributed by atoms with Crippen molar-refractivity contribution in [2.45, 2.75) is 65.7 Å². The van der Waals surface area contributed by atoms with Crippen molar-refractivity contribution in [1.82, 2.24) is 0 Å². The maximum absolute atomic E-state index is 11.2. The van der Waals surface area contributed by atoms with Gasteiger partial charge in [0.05, 0.1) is 0 Å². The van der Waals surface area contributed by atoms with E-state index in [2.05, 4.69) is 20.8 Å². The molecule has 0 aromatic heterocycles. The summed E-state index contributed by atoms with van der Waals surface area (Å²) in [6, 6.07) is 0. The van der Waals surface area contributed by atoms with Crippen LogP contribution in [0.1, 0.15) is 65.7 Å². The summed E-state index contributed by atoms with van der Waals surface area (Å²) >= 11 is 0. The fraction of sp³-hybridized carbons (Fsp3) is 0.846. The zero-order valence-electron chi connectivity index (χ0n) is 10.8. The lowest BCUT2D eigenvalue weighted by atomic mass is 10.0. The molecule has 0 amide bonds. The van der Waals surface area contributed by atoms with E-state index in [4.69, 9.17) is 9.59 Å². The van der Waals surface area contributed by atoms with E-state index in [9.17, 15) is 4.79 Å². The summed E-state index contributed by atoms with van der Waals surface area (Å²) in [4.78, 5) is 27.5. The van der Waals surface area contributed by atoms with Crippen molar-refractivity contribution in [2.75, 3.05) is 0 Å². The van der Waals surface area contributed by atoms with E-state index in [0.717, 1.165) is 38.0 Å². The van der Waals surface area contributed by atoms with Crippen LogP contribution in [0.25, 0.3) is 0 Å². The maximum Gasteiger partial charge on any atom is 0.373 e. The van der Waals surface area contributed by atoms with Crippen LogP contribution in [-0.2, 0) is 14.4 Å². The third-order valence-corrected chi connectivity index (χ3v) is 2.30. The Balaban J connectivity index is 0. The summed E-state index contributed by atoms with van der Waals surface area (Å²) in [7, 11) is 0. The van der Waals surface area contributed by atoms with Crippen molar-refractivity contribution in [3.05, 3.63) is 0 Å². The van der Waals surface area contributed by atoms with E-state index in [1.54, 1.807) is 0 Å². The lowest BCUT2D eigenvalue weighted by molar-refractivity contribution is -0.191. The van der Waals surface area contributed by atoms with E-state index in [1.807, 2.05) is 0 Å². The number of carbonyl (C=O) groups excluding carboxylic acids is 3. The zero-order chi connectivity index (χ0) is 12.8. The number of rotatable bonds is 8. The Labute approximate surface area is 98.6 Å². The summed E-state index contributed by atoms with van der Waals surface area (Å²) in [6.45, 7) is 6.60. The van der Waals surface area contributed by atoms with Gasteiger partial charge in [0.1, 0.15) is 5.78 Å². The van der Waals surface area contributed by atoms with Crippen LogP contribution < -0.4 is 0 Å². The molecular formula is C13H24O3. The second-order valence-corrected chi connectivity index (χ2v) is 4.37. The highest BCUT2D eigenvalue weighted by Crippen LogP contribution is 2.09. The van der Waals surface area contributed by atoms with Crippen LogP contribution in [-0.4, -0.2) is 11.9 Å². The fourth-order valence-corrected chi connectivity index (χ4v) is 1.37. The second kappa shape index (κ2) is 14.1. The Bertz CT molecular complexity index is 191. The molecule has 0 radical (unpaired) electrons. The maximum atomic E-state index is 11.2. The standard InChI is InChI=1S/C12H24O.CO2/c1-4-5-9-12(13)10-7-6-8-11(2)3;2-1-3/h11H,4-10H2,1-3H3;. The Morgan fingerprint density at radius 2 is 1.56 bits per heavy atom. The van der Waals surface area contributed by atoms with E-state index in [-0.39, 0.29) is 6.15 Å². The molecule has 0 saturated carbocycles. The first-order valence-electron chi connectivity index (χ1n) is 6.09. The monoisotopic (exact) mass is 228 g/mol. The van der Waals surface area contributed by atoms with Gasteiger partial charge in [-0.15, -0.1) is 0 Å². The van der Waals surface area contributed by atoms with Gasteiger partial charge in [0.25, 0.3) is 0 Å². The first-order valence-corrected chi connectivity index (χ1v) is 6.09. The quantitative estimate of drug-likeness (QED) is 0.598. The van der Waals surface area contributed by atoms with Crippen molar-refractivity contribution < 1.29 is 14.4 Å². The van der Waals surface area contributed by atoms with Gasteiger partial charge >= 0.3 is 6.15 Å². The van der Waals surface area contributed by atoms with Gasteiger partial charge in [-0.1, -0.05) is 40.0 Å². The summed E-state index contributed by atoms with van der Waals surface area (Å²) in [6.07, 6.45) is 7.66. The van der Waals surface area contributed by atoms with Crippen LogP contribution in [0.4, 0.5) is 0 Å². The molecule has 94 valence electrons. The van der Waals surface area contributed by atoms with Gasteiger partial charge in [-0.05, 0) is 18.8 Å². The summed E-state index contributed by atoms with van der Waals surface area (Å²) in [5, 5.41) is 0. The first-order chi connectivity index (χ1) is 7.58. The first kappa shape index (κ1) is 17.4. The molecule has 0 aliphatic carbocycles. The molecule has 0 rings (SSSR count). The molecule has 3 heteroatoms. The minimum Gasteiger partial charge on any atom is -0.300 e. The third kappa shape index (κ3) is 18.8. The molecule has 0 spiro atoms. The molecule has 0 N–H and O–H groups in total. The molecule has 0 heterocycles. The number of hydrogen-bond acceptors (Lipinski definition) is 3. The van der Waals surface area contributed by atoms with Crippen LogP contribution in [0.5, 0.6) is 0 Å². The molecule has 3 nitrogen and oxygen atoms in total. The average Bonchev–Trinajstić information content (AvgIpc) is 2.22. The van der Waals surface area contributed by atoms with Crippen LogP contribution in [0.15, 0.2) is 0 Å². The molecule has 0 atom stereocenters. The highest BCUT2D eigenvalue weighted by Gasteiger charge is 2.01. The van der Waals surface area contributed by atoms with Crippen molar-refractivity contribution in [2.24, 2.45) is 5.92 Å². The number of Topliss-reactive ketones (excluding diaryl/α,β-unsaturated/α-hetero) is 1. The molecule has 0 saturated heterocycles. The van der Waals surface area contributed by atoms with Gasteiger partial charge in [-0.25, -0.2) is 0 Å². The smallest absolute Gasteiger partial charge is 0.300 e. The summed E-state index contributed by atoms with van der Waals surface area (Å²) in [5.41, 5.74) is 0. The fourth-order valence-electron chi connectivity index (χ4n) is 1.37. The lowest BCUT2D eigenvalue weighted by Gasteiger charge is -2.03. The Hall–Kier alpha value is -0.950. The number of unbranched alkanes of at least 4 members (excludes halogenated alkanes) is 2. The Kier molecular flexibility index (Phi) is 15.3. The van der Waals surface area contributed by atoms with E-state index in [1.165, 1.54) is 12.8 Å². The van der Waals surface area contributed by atoms with E-state index >= 15 is 0 Å². The Morgan fingerprint density at radius 3 is 2.00 bits per heavy atom. The van der Waals surface area contributed by atoms with Gasteiger partial charge in [0.2, 0.25) is 0 Å².